The van der Waals surface area contributed by atoms with E-state index in [0.717, 1.165) is 0 Å². The molecule has 0 aliphatic heterocycles. The number of amides is 1. The molecule has 2 atom stereocenters. The fourth-order valence-electron chi connectivity index (χ4n) is 2.30. The van der Waals surface area contributed by atoms with Gasteiger partial charge in [0, 0.05) is 0 Å². The summed E-state index contributed by atoms with van der Waals surface area (Å²) in [4.78, 5) is 23.3. The van der Waals surface area contributed by atoms with Gasteiger partial charge in [-0.15, -0.1) is 0 Å². The van der Waals surface area contributed by atoms with E-state index in [1.54, 1.807) is 45.0 Å². The molecule has 0 unspecified atom stereocenters. The highest BCUT2D eigenvalue weighted by Gasteiger charge is 2.62. The van der Waals surface area contributed by atoms with Crippen LogP contribution >= 0.6 is 0 Å². The number of carboxylic acids is 1. The van der Waals surface area contributed by atoms with Crippen LogP contribution < -0.4 is 5.32 Å². The smallest absolute Gasteiger partial charge is 0.407 e. The normalized spacial score (nSPS) is 24.9. The Morgan fingerprint density at radius 3 is 2.40 bits per heavy atom. The van der Waals surface area contributed by atoms with Gasteiger partial charge >= 0.3 is 12.1 Å². The van der Waals surface area contributed by atoms with Gasteiger partial charge in [-0.3, -0.25) is 4.79 Å². The second-order valence-electron chi connectivity index (χ2n) is 6.05. The van der Waals surface area contributed by atoms with E-state index in [9.17, 15) is 14.7 Å². The van der Waals surface area contributed by atoms with Crippen LogP contribution in [-0.4, -0.2) is 28.8 Å². The first-order valence-corrected chi connectivity index (χ1v) is 6.54. The van der Waals surface area contributed by atoms with E-state index < -0.39 is 29.1 Å². The number of ether oxygens (including phenoxy) is 1. The molecule has 1 aliphatic carbocycles. The van der Waals surface area contributed by atoms with Crippen LogP contribution in [0.1, 0.15) is 32.8 Å². The highest BCUT2D eigenvalue weighted by atomic mass is 16.6. The van der Waals surface area contributed by atoms with Gasteiger partial charge in [0.2, 0.25) is 0 Å². The third kappa shape index (κ3) is 2.76. The summed E-state index contributed by atoms with van der Waals surface area (Å²) in [6.45, 7) is 5.30. The zero-order valence-electron chi connectivity index (χ0n) is 11.8. The van der Waals surface area contributed by atoms with Crippen LogP contribution in [-0.2, 0) is 14.9 Å². The van der Waals surface area contributed by atoms with Gasteiger partial charge in [0.1, 0.15) is 11.0 Å². The first-order chi connectivity index (χ1) is 9.25. The number of hydrogen-bond donors (Lipinski definition) is 2. The van der Waals surface area contributed by atoms with Crippen LogP contribution in [0.5, 0.6) is 0 Å². The summed E-state index contributed by atoms with van der Waals surface area (Å²) in [5.41, 5.74) is -0.927. The van der Waals surface area contributed by atoms with Crippen LogP contribution in [0.2, 0.25) is 0 Å². The number of carbonyl (C=O) groups excluding carboxylic acids is 1. The molecule has 0 radical (unpaired) electrons. The number of carboxylic acid groups (broad SMARTS) is 1. The Morgan fingerprint density at radius 2 is 1.90 bits per heavy atom. The minimum Gasteiger partial charge on any atom is -0.481 e. The fraction of sp³-hybridized carbons (Fsp3) is 0.467. The second kappa shape index (κ2) is 4.81. The Balaban J connectivity index is 2.10. The van der Waals surface area contributed by atoms with Crippen LogP contribution in [0.4, 0.5) is 4.79 Å². The van der Waals surface area contributed by atoms with E-state index in [-0.39, 0.29) is 0 Å². The van der Waals surface area contributed by atoms with Gasteiger partial charge in [-0.05, 0) is 32.8 Å². The highest BCUT2D eigenvalue weighted by molar-refractivity contribution is 5.88. The standard InChI is InChI=1S/C15H19NO4/c1-14(2,3)20-13(19)16-11-9-15(11,12(17)18)10-7-5-4-6-8-10/h4-8,11H,9H2,1-3H3,(H,16,19)(H,17,18)/t11-,15+/m1/s1. The first kappa shape index (κ1) is 14.4. The zero-order valence-corrected chi connectivity index (χ0v) is 11.8. The van der Waals surface area contributed by atoms with Crippen molar-refractivity contribution in [2.45, 2.75) is 44.2 Å². The quantitative estimate of drug-likeness (QED) is 0.889. The average Bonchev–Trinajstić information content (AvgIpc) is 3.03. The molecule has 5 heteroatoms. The first-order valence-electron chi connectivity index (χ1n) is 6.54. The van der Waals surface area contributed by atoms with E-state index in [4.69, 9.17) is 4.74 Å². The van der Waals surface area contributed by atoms with Crippen LogP contribution in [0.3, 0.4) is 0 Å². The lowest BCUT2D eigenvalue weighted by Crippen LogP contribution is -2.38. The van der Waals surface area contributed by atoms with Crippen molar-refractivity contribution >= 4 is 12.1 Å². The summed E-state index contributed by atoms with van der Waals surface area (Å²) in [7, 11) is 0. The molecule has 5 nitrogen and oxygen atoms in total. The third-order valence-electron chi connectivity index (χ3n) is 3.32. The zero-order chi connectivity index (χ0) is 15.0. The summed E-state index contributed by atoms with van der Waals surface area (Å²) >= 11 is 0. The Bertz CT molecular complexity index is 520. The molecule has 1 amide bonds. The topological polar surface area (TPSA) is 75.6 Å². The van der Waals surface area contributed by atoms with E-state index in [1.807, 2.05) is 6.07 Å². The largest absolute Gasteiger partial charge is 0.481 e. The van der Waals surface area contributed by atoms with Crippen molar-refractivity contribution in [3.8, 4) is 0 Å². The molecular formula is C15H19NO4. The molecule has 1 fully saturated rings. The van der Waals surface area contributed by atoms with Crippen molar-refractivity contribution < 1.29 is 19.4 Å². The maximum Gasteiger partial charge on any atom is 0.407 e. The van der Waals surface area contributed by atoms with Crippen molar-refractivity contribution in [1.29, 1.82) is 0 Å². The Kier molecular flexibility index (Phi) is 3.46. The van der Waals surface area contributed by atoms with Gasteiger partial charge in [0.05, 0.1) is 6.04 Å². The molecule has 0 bridgehead atoms. The van der Waals surface area contributed by atoms with E-state index in [2.05, 4.69) is 5.32 Å². The number of aliphatic carboxylic acids is 1. The summed E-state index contributed by atoms with van der Waals surface area (Å²) in [6, 6.07) is 8.52. The van der Waals surface area contributed by atoms with Crippen LogP contribution in [0.15, 0.2) is 30.3 Å². The number of benzene rings is 1. The molecular weight excluding hydrogens is 258 g/mol. The van der Waals surface area contributed by atoms with Gasteiger partial charge < -0.3 is 15.2 Å². The van der Waals surface area contributed by atoms with Gasteiger partial charge in [0.15, 0.2) is 0 Å². The average molecular weight is 277 g/mol. The van der Waals surface area contributed by atoms with E-state index >= 15 is 0 Å². The molecule has 0 spiro atoms. The summed E-state index contributed by atoms with van der Waals surface area (Å²) < 4.78 is 5.15. The minimum atomic E-state index is -1.03. The number of rotatable bonds is 3. The van der Waals surface area contributed by atoms with Crippen molar-refractivity contribution in [3.63, 3.8) is 0 Å². The minimum absolute atomic E-state index is 0.381. The molecule has 1 saturated carbocycles. The summed E-state index contributed by atoms with van der Waals surface area (Å²) in [5.74, 6) is -0.926. The number of nitrogens with one attached hydrogen (secondary N) is 1. The highest BCUT2D eigenvalue weighted by Crippen LogP contribution is 2.48. The number of alkyl carbamates (subject to hydrolysis) is 1. The predicted molar refractivity (Wildman–Crippen MR) is 73.5 cm³/mol. The Labute approximate surface area is 117 Å². The molecule has 0 heterocycles. The van der Waals surface area contributed by atoms with E-state index in [0.29, 0.717) is 12.0 Å². The lowest BCUT2D eigenvalue weighted by Gasteiger charge is -2.20. The Hall–Kier alpha value is -2.04. The van der Waals surface area contributed by atoms with Gasteiger partial charge in [0.25, 0.3) is 0 Å². The fourth-order valence-corrected chi connectivity index (χ4v) is 2.30. The maximum atomic E-state index is 11.7. The maximum absolute atomic E-state index is 11.7. The van der Waals surface area contributed by atoms with Gasteiger partial charge in [-0.25, -0.2) is 4.79 Å². The monoisotopic (exact) mass is 277 g/mol. The molecule has 2 rings (SSSR count). The number of carbonyl (C=O) groups is 2. The van der Waals surface area contributed by atoms with Crippen molar-refractivity contribution in [3.05, 3.63) is 35.9 Å². The second-order valence-corrected chi connectivity index (χ2v) is 6.05. The van der Waals surface area contributed by atoms with Gasteiger partial charge in [-0.1, -0.05) is 30.3 Å². The van der Waals surface area contributed by atoms with Crippen LogP contribution in [0.25, 0.3) is 0 Å². The number of hydrogen-bond acceptors (Lipinski definition) is 3. The summed E-state index contributed by atoms with van der Waals surface area (Å²) in [5, 5.41) is 12.1. The predicted octanol–water partition coefficient (Wildman–Crippen LogP) is 2.31. The Morgan fingerprint density at radius 1 is 1.30 bits per heavy atom. The van der Waals surface area contributed by atoms with Gasteiger partial charge in [-0.2, -0.15) is 0 Å². The molecule has 2 N–H and O–H groups in total. The van der Waals surface area contributed by atoms with Crippen molar-refractivity contribution in [2.75, 3.05) is 0 Å². The summed E-state index contributed by atoms with van der Waals surface area (Å²) in [6.07, 6.45) is -0.201. The van der Waals surface area contributed by atoms with Crippen molar-refractivity contribution in [1.82, 2.24) is 5.32 Å². The molecule has 1 aromatic rings. The SMILES string of the molecule is CC(C)(C)OC(=O)N[C@@H]1C[C@]1(C(=O)O)c1ccccc1. The van der Waals surface area contributed by atoms with E-state index in [1.165, 1.54) is 0 Å². The molecule has 108 valence electrons. The molecule has 0 aromatic heterocycles. The third-order valence-corrected chi connectivity index (χ3v) is 3.32. The molecule has 20 heavy (non-hydrogen) atoms. The molecule has 1 aromatic carbocycles. The van der Waals surface area contributed by atoms with Crippen LogP contribution in [0, 0.1) is 0 Å². The lowest BCUT2D eigenvalue weighted by molar-refractivity contribution is -0.140. The molecule has 1 aliphatic rings. The lowest BCUT2D eigenvalue weighted by atomic mass is 9.95. The van der Waals surface area contributed by atoms with Crippen molar-refractivity contribution in [2.24, 2.45) is 0 Å². The molecule has 0 saturated heterocycles.